The maximum atomic E-state index is 13.8. The van der Waals surface area contributed by atoms with Crippen LogP contribution in [-0.4, -0.2) is 94.1 Å². The number of amides is 2. The van der Waals surface area contributed by atoms with E-state index in [2.05, 4.69) is 15.1 Å². The van der Waals surface area contributed by atoms with E-state index < -0.39 is 80.0 Å². The molecule has 2 amide bonds. The minimum Gasteiger partial charge on any atom is -0.489 e. The number of nitrogens with two attached hydrogens (primary N) is 3. The number of aromatic nitrogens is 1. The first-order valence-electron chi connectivity index (χ1n) is 12.4. The quantitative estimate of drug-likeness (QED) is 0.0516. The van der Waals surface area contributed by atoms with Crippen LogP contribution in [0.3, 0.4) is 0 Å². The van der Waals surface area contributed by atoms with Crippen LogP contribution in [0.2, 0.25) is 0 Å². The number of amidine groups is 1. The Morgan fingerprint density at radius 1 is 1.27 bits per heavy atom. The lowest BCUT2D eigenvalue weighted by Gasteiger charge is -2.50. The fourth-order valence-corrected chi connectivity index (χ4v) is 5.65. The number of benzene rings is 1. The predicted octanol–water partition coefficient (Wildman–Crippen LogP) is -0.431. The number of carbonyl (C=O) groups is 3. The van der Waals surface area contributed by atoms with Gasteiger partial charge in [0.05, 0.1) is 12.1 Å². The van der Waals surface area contributed by atoms with Crippen molar-refractivity contribution in [1.82, 2.24) is 14.6 Å². The van der Waals surface area contributed by atoms with E-state index in [1.807, 2.05) is 5.32 Å². The maximum Gasteiger partial charge on any atom is 0.427 e. The van der Waals surface area contributed by atoms with Crippen LogP contribution in [0, 0.1) is 0 Å². The van der Waals surface area contributed by atoms with E-state index in [1.165, 1.54) is 24.3 Å². The number of ether oxygens (including phenoxy) is 1. The van der Waals surface area contributed by atoms with Crippen molar-refractivity contribution < 1.29 is 55.2 Å². The van der Waals surface area contributed by atoms with E-state index in [4.69, 9.17) is 26.8 Å². The van der Waals surface area contributed by atoms with Gasteiger partial charge in [-0.3, -0.25) is 19.1 Å². The predicted molar refractivity (Wildman–Crippen MR) is 152 cm³/mol. The smallest absolute Gasteiger partial charge is 0.427 e. The van der Waals surface area contributed by atoms with E-state index in [9.17, 15) is 45.6 Å². The third-order valence-electron chi connectivity index (χ3n) is 6.03. The van der Waals surface area contributed by atoms with Crippen molar-refractivity contribution in [3.63, 3.8) is 0 Å². The molecule has 2 heterocycles. The van der Waals surface area contributed by atoms with Crippen LogP contribution in [0.25, 0.3) is 0 Å². The number of carbonyl (C=O) groups excluding carboxylic acids is 2. The second-order valence-corrected chi connectivity index (χ2v) is 11.9. The molecular weight excluding hydrogens is 653 g/mol. The Morgan fingerprint density at radius 3 is 2.40 bits per heavy atom. The third kappa shape index (κ3) is 7.95. The number of β-lactam (4-membered cyclic amide) rings is 1. The van der Waals surface area contributed by atoms with Crippen molar-refractivity contribution >= 4 is 56.1 Å². The molecule has 22 heteroatoms. The summed E-state index contributed by atoms with van der Waals surface area (Å²) in [6, 6.07) is 4.18. The number of oxime groups is 1. The molecule has 0 bridgehead atoms. The van der Waals surface area contributed by atoms with Crippen LogP contribution >= 0.6 is 11.3 Å². The van der Waals surface area contributed by atoms with Gasteiger partial charge in [0.15, 0.2) is 10.8 Å². The highest BCUT2D eigenvalue weighted by Gasteiger charge is 2.60. The van der Waals surface area contributed by atoms with Gasteiger partial charge in [0.25, 0.3) is 17.9 Å². The number of hydrogen-bond acceptors (Lipinski definition) is 13. The molecule has 1 aliphatic heterocycles. The van der Waals surface area contributed by atoms with E-state index in [-0.39, 0.29) is 40.3 Å². The van der Waals surface area contributed by atoms with Crippen molar-refractivity contribution in [3.05, 3.63) is 40.4 Å². The average molecular weight is 681 g/mol. The Balaban J connectivity index is 1.89. The van der Waals surface area contributed by atoms with Crippen molar-refractivity contribution in [2.24, 2.45) is 21.6 Å². The molecule has 45 heavy (non-hydrogen) atoms. The Kier molecular flexibility index (Phi) is 10.3. The molecule has 9 N–H and O–H groups in total. The molecule has 2 atom stereocenters. The number of nitrogen functional groups attached to an aromatic ring is 1. The highest BCUT2D eigenvalue weighted by Crippen LogP contribution is 2.38. The number of carboxylic acid groups (broad SMARTS) is 1. The monoisotopic (exact) mass is 680 g/mol. The average Bonchev–Trinajstić information content (AvgIpc) is 3.33. The number of aliphatic carboxylic acids is 1. The van der Waals surface area contributed by atoms with Gasteiger partial charge < -0.3 is 37.2 Å². The number of rotatable bonds is 13. The first-order chi connectivity index (χ1) is 20.8. The number of nitrogens with zero attached hydrogens (tertiary/aromatic N) is 4. The Hall–Kier alpha value is -4.54. The van der Waals surface area contributed by atoms with Crippen LogP contribution in [0.5, 0.6) is 5.75 Å². The van der Waals surface area contributed by atoms with Crippen LogP contribution in [0.15, 0.2) is 34.4 Å². The molecule has 1 saturated heterocycles. The first kappa shape index (κ1) is 34.9. The summed E-state index contributed by atoms with van der Waals surface area (Å²) in [5, 5.41) is 14.3. The van der Waals surface area contributed by atoms with E-state index in [1.54, 1.807) is 0 Å². The zero-order valence-corrected chi connectivity index (χ0v) is 24.9. The third-order valence-corrected chi connectivity index (χ3v) is 8.07. The molecule has 17 nitrogen and oxygen atoms in total. The number of hydrogen-bond donors (Lipinski definition) is 6. The molecule has 0 spiro atoms. The molecule has 2 aromatic rings. The van der Waals surface area contributed by atoms with Crippen molar-refractivity contribution in [1.29, 1.82) is 0 Å². The second-order valence-electron chi connectivity index (χ2n) is 9.63. The van der Waals surface area contributed by atoms with Gasteiger partial charge in [0, 0.05) is 12.1 Å². The summed E-state index contributed by atoms with van der Waals surface area (Å²) in [7, 11) is -5.05. The largest absolute Gasteiger partial charge is 0.489 e. The Bertz CT molecular complexity index is 1630. The lowest BCUT2D eigenvalue weighted by molar-refractivity contribution is -0.152. The SMILES string of the molecule is CC1(C)C(NC(=O)C(=NOC(COc2ccc(C(N)=NCCN)cc2)C(=O)O)c2nc(N)sc2C(F)(F)F)C(=O)N1S(=O)(=O)O. The first-order valence-corrected chi connectivity index (χ1v) is 14.7. The van der Waals surface area contributed by atoms with Gasteiger partial charge in [-0.05, 0) is 38.1 Å². The number of anilines is 1. The fourth-order valence-electron chi connectivity index (χ4n) is 3.92. The Labute approximate surface area is 256 Å². The van der Waals surface area contributed by atoms with Crippen LogP contribution in [-0.2, 0) is 35.7 Å². The summed E-state index contributed by atoms with van der Waals surface area (Å²) in [5.41, 5.74) is 13.0. The zero-order chi connectivity index (χ0) is 33.9. The van der Waals surface area contributed by atoms with E-state index in [0.717, 1.165) is 13.8 Å². The summed E-state index contributed by atoms with van der Waals surface area (Å²) < 4.78 is 79.1. The minimum atomic E-state index is -5.11. The van der Waals surface area contributed by atoms with Crippen molar-refractivity contribution in [2.45, 2.75) is 37.7 Å². The highest BCUT2D eigenvalue weighted by molar-refractivity contribution is 7.84. The van der Waals surface area contributed by atoms with Gasteiger partial charge >= 0.3 is 22.4 Å². The van der Waals surface area contributed by atoms with Gasteiger partial charge in [-0.1, -0.05) is 16.5 Å². The number of alkyl halides is 3. The van der Waals surface area contributed by atoms with Crippen LogP contribution < -0.4 is 27.3 Å². The summed E-state index contributed by atoms with van der Waals surface area (Å²) in [4.78, 5) is 48.4. The molecule has 1 fully saturated rings. The number of aliphatic imine (C=N–C) groups is 1. The minimum absolute atomic E-state index is 0.0475. The summed E-state index contributed by atoms with van der Waals surface area (Å²) in [5.74, 6) is -4.23. The van der Waals surface area contributed by atoms with Gasteiger partial charge in [0.2, 0.25) is 0 Å². The lowest BCUT2D eigenvalue weighted by Crippen LogP contribution is -2.77. The number of carboxylic acids is 1. The highest BCUT2D eigenvalue weighted by atomic mass is 32.2. The Morgan fingerprint density at radius 2 is 1.89 bits per heavy atom. The molecule has 0 saturated carbocycles. The van der Waals surface area contributed by atoms with Gasteiger partial charge in [-0.2, -0.15) is 21.6 Å². The number of thiazole rings is 1. The lowest BCUT2D eigenvalue weighted by atomic mass is 9.85. The van der Waals surface area contributed by atoms with Crippen molar-refractivity contribution in [2.75, 3.05) is 25.4 Å². The van der Waals surface area contributed by atoms with Gasteiger partial charge in [0.1, 0.15) is 34.8 Å². The molecule has 1 aliphatic rings. The molecule has 246 valence electrons. The molecule has 1 aromatic heterocycles. The van der Waals surface area contributed by atoms with E-state index >= 15 is 0 Å². The zero-order valence-electron chi connectivity index (χ0n) is 23.3. The fraction of sp³-hybridized carbons (Fsp3) is 0.391. The summed E-state index contributed by atoms with van der Waals surface area (Å²) in [6.07, 6.45) is -7.11. The molecular formula is C23H27F3N8O9S2. The number of halogens is 3. The molecule has 2 unspecified atom stereocenters. The maximum absolute atomic E-state index is 13.8. The topological polar surface area (TPSA) is 275 Å². The van der Waals surface area contributed by atoms with Gasteiger partial charge in [-0.25, -0.2) is 14.1 Å². The number of nitrogens with one attached hydrogen (secondary N) is 1. The van der Waals surface area contributed by atoms with Crippen LogP contribution in [0.1, 0.15) is 30.0 Å². The second kappa shape index (κ2) is 13.2. The molecule has 3 rings (SSSR count). The standard InChI is InChI=1S/C23H27F3N8O9S2/c1-22(2)15(19(36)34(22)45(39,40)41)32-18(35)14(13-16(23(24,25)26)44-21(29)31-13)33-43-12(20(37)38)9-42-11-5-3-10(4-6-11)17(28)30-8-7-27/h3-6,12,15H,7-9,27H2,1-2H3,(H2,28,30)(H2,29,31)(H,32,35)(H,37,38)(H,39,40,41). The molecule has 0 aliphatic carbocycles. The molecule has 1 aromatic carbocycles. The molecule has 0 radical (unpaired) electrons. The summed E-state index contributed by atoms with van der Waals surface area (Å²) in [6.45, 7) is 2.08. The normalized spacial score (nSPS) is 17.8. The summed E-state index contributed by atoms with van der Waals surface area (Å²) >= 11 is -0.0616. The van der Waals surface area contributed by atoms with Crippen LogP contribution in [0.4, 0.5) is 18.3 Å². The van der Waals surface area contributed by atoms with Crippen molar-refractivity contribution in [3.8, 4) is 5.75 Å². The van der Waals surface area contributed by atoms with Gasteiger partial charge in [-0.15, -0.1) is 0 Å². The van der Waals surface area contributed by atoms with E-state index in [0.29, 0.717) is 5.56 Å².